The van der Waals surface area contributed by atoms with Gasteiger partial charge in [0, 0.05) is 12.3 Å². The summed E-state index contributed by atoms with van der Waals surface area (Å²) in [6, 6.07) is 4.20. The SMILES string of the molecule is Cc1ccc(C)c(OCCC(=O)C2CCCCC2)c1C. The number of ether oxygens (including phenoxy) is 1. The van der Waals surface area contributed by atoms with Gasteiger partial charge in [0.1, 0.15) is 11.5 Å². The fourth-order valence-electron chi connectivity index (χ4n) is 3.03. The molecule has 1 aliphatic rings. The number of benzene rings is 1. The summed E-state index contributed by atoms with van der Waals surface area (Å²) >= 11 is 0. The lowest BCUT2D eigenvalue weighted by Crippen LogP contribution is -2.20. The maximum atomic E-state index is 12.1. The average molecular weight is 274 g/mol. The van der Waals surface area contributed by atoms with Gasteiger partial charge in [-0.05, 0) is 50.3 Å². The highest BCUT2D eigenvalue weighted by atomic mass is 16.5. The minimum atomic E-state index is 0.298. The lowest BCUT2D eigenvalue weighted by Gasteiger charge is -2.20. The van der Waals surface area contributed by atoms with E-state index in [1.165, 1.54) is 30.4 Å². The Morgan fingerprint density at radius 1 is 1.10 bits per heavy atom. The van der Waals surface area contributed by atoms with Gasteiger partial charge in [0.15, 0.2) is 0 Å². The Hall–Kier alpha value is -1.31. The lowest BCUT2D eigenvalue weighted by molar-refractivity contribution is -0.124. The number of rotatable bonds is 5. The van der Waals surface area contributed by atoms with Crippen molar-refractivity contribution in [3.63, 3.8) is 0 Å². The predicted molar refractivity (Wildman–Crippen MR) is 82.3 cm³/mol. The highest BCUT2D eigenvalue weighted by Gasteiger charge is 2.20. The quantitative estimate of drug-likeness (QED) is 0.788. The molecule has 1 aromatic rings. The van der Waals surface area contributed by atoms with Crippen molar-refractivity contribution in [1.29, 1.82) is 0 Å². The zero-order chi connectivity index (χ0) is 14.5. The van der Waals surface area contributed by atoms with Crippen LogP contribution in [0.2, 0.25) is 0 Å². The monoisotopic (exact) mass is 274 g/mol. The molecule has 1 fully saturated rings. The molecule has 0 spiro atoms. The van der Waals surface area contributed by atoms with Gasteiger partial charge in [-0.15, -0.1) is 0 Å². The zero-order valence-corrected chi connectivity index (χ0v) is 13.0. The van der Waals surface area contributed by atoms with Crippen molar-refractivity contribution < 1.29 is 9.53 Å². The van der Waals surface area contributed by atoms with E-state index in [0.29, 0.717) is 24.7 Å². The molecule has 1 saturated carbocycles. The first-order valence-corrected chi connectivity index (χ1v) is 7.82. The summed E-state index contributed by atoms with van der Waals surface area (Å²) in [4.78, 5) is 12.1. The van der Waals surface area contributed by atoms with Crippen LogP contribution in [-0.4, -0.2) is 12.4 Å². The fourth-order valence-corrected chi connectivity index (χ4v) is 3.03. The van der Waals surface area contributed by atoms with Gasteiger partial charge in [-0.25, -0.2) is 0 Å². The van der Waals surface area contributed by atoms with Crippen molar-refractivity contribution in [3.8, 4) is 5.75 Å². The van der Waals surface area contributed by atoms with Crippen LogP contribution in [-0.2, 0) is 4.79 Å². The Balaban J connectivity index is 1.86. The molecular weight excluding hydrogens is 248 g/mol. The van der Waals surface area contributed by atoms with Crippen molar-refractivity contribution in [1.82, 2.24) is 0 Å². The van der Waals surface area contributed by atoms with E-state index >= 15 is 0 Å². The van der Waals surface area contributed by atoms with Crippen LogP contribution < -0.4 is 4.74 Å². The normalized spacial score (nSPS) is 16.1. The number of Topliss-reactive ketones (excluding diaryl/α,β-unsaturated/α-hetero) is 1. The molecule has 0 saturated heterocycles. The number of hydrogen-bond donors (Lipinski definition) is 0. The smallest absolute Gasteiger partial charge is 0.139 e. The molecule has 0 aromatic heterocycles. The van der Waals surface area contributed by atoms with E-state index in [9.17, 15) is 4.79 Å². The van der Waals surface area contributed by atoms with Gasteiger partial charge in [-0.1, -0.05) is 31.4 Å². The molecule has 0 unspecified atom stereocenters. The third-order valence-corrected chi connectivity index (χ3v) is 4.53. The Bertz CT molecular complexity index is 471. The molecule has 0 heterocycles. The maximum absolute atomic E-state index is 12.1. The van der Waals surface area contributed by atoms with E-state index in [2.05, 4.69) is 32.9 Å². The summed E-state index contributed by atoms with van der Waals surface area (Å²) in [5.41, 5.74) is 3.58. The van der Waals surface area contributed by atoms with Gasteiger partial charge in [-0.2, -0.15) is 0 Å². The van der Waals surface area contributed by atoms with Crippen molar-refractivity contribution in [2.75, 3.05) is 6.61 Å². The largest absolute Gasteiger partial charge is 0.493 e. The van der Waals surface area contributed by atoms with Crippen LogP contribution in [0.5, 0.6) is 5.75 Å². The first kappa shape index (κ1) is 15.1. The molecule has 20 heavy (non-hydrogen) atoms. The molecule has 0 bridgehead atoms. The number of ketones is 1. The second kappa shape index (κ2) is 6.92. The van der Waals surface area contributed by atoms with E-state index in [4.69, 9.17) is 4.74 Å². The van der Waals surface area contributed by atoms with E-state index in [0.717, 1.165) is 24.2 Å². The van der Waals surface area contributed by atoms with Gasteiger partial charge in [0.05, 0.1) is 6.61 Å². The van der Waals surface area contributed by atoms with Gasteiger partial charge < -0.3 is 4.74 Å². The van der Waals surface area contributed by atoms with Crippen LogP contribution in [0, 0.1) is 26.7 Å². The predicted octanol–water partition coefficient (Wildman–Crippen LogP) is 4.53. The molecule has 0 amide bonds. The molecule has 0 radical (unpaired) electrons. The summed E-state index contributed by atoms with van der Waals surface area (Å²) in [7, 11) is 0. The second-order valence-corrected chi connectivity index (χ2v) is 6.05. The van der Waals surface area contributed by atoms with Gasteiger partial charge in [0.25, 0.3) is 0 Å². The van der Waals surface area contributed by atoms with Crippen molar-refractivity contribution >= 4 is 5.78 Å². The third kappa shape index (κ3) is 3.62. The summed E-state index contributed by atoms with van der Waals surface area (Å²) in [5.74, 6) is 1.65. The number of aryl methyl sites for hydroxylation is 2. The molecule has 1 aliphatic carbocycles. The Morgan fingerprint density at radius 2 is 1.75 bits per heavy atom. The van der Waals surface area contributed by atoms with E-state index < -0.39 is 0 Å². The standard InChI is InChI=1S/C18H26O2/c1-13-9-10-14(2)18(15(13)3)20-12-11-17(19)16-7-5-4-6-8-16/h9-10,16H,4-8,11-12H2,1-3H3. The fraction of sp³-hybridized carbons (Fsp3) is 0.611. The topological polar surface area (TPSA) is 26.3 Å². The van der Waals surface area contributed by atoms with Gasteiger partial charge in [0.2, 0.25) is 0 Å². The first-order valence-electron chi connectivity index (χ1n) is 7.82. The van der Waals surface area contributed by atoms with Crippen molar-refractivity contribution in [2.45, 2.75) is 59.3 Å². The van der Waals surface area contributed by atoms with E-state index in [1.54, 1.807) is 0 Å². The Labute approximate surface area is 122 Å². The highest BCUT2D eigenvalue weighted by Crippen LogP contribution is 2.27. The molecule has 0 atom stereocenters. The van der Waals surface area contributed by atoms with E-state index in [1.807, 2.05) is 0 Å². The van der Waals surface area contributed by atoms with Gasteiger partial charge >= 0.3 is 0 Å². The van der Waals surface area contributed by atoms with Crippen molar-refractivity contribution in [2.24, 2.45) is 5.92 Å². The van der Waals surface area contributed by atoms with Crippen LogP contribution in [0.15, 0.2) is 12.1 Å². The summed E-state index contributed by atoms with van der Waals surface area (Å²) in [6.45, 7) is 6.75. The highest BCUT2D eigenvalue weighted by molar-refractivity contribution is 5.81. The number of hydrogen-bond acceptors (Lipinski definition) is 2. The Morgan fingerprint density at radius 3 is 2.45 bits per heavy atom. The molecule has 2 heteroatoms. The molecule has 2 nitrogen and oxygen atoms in total. The lowest BCUT2D eigenvalue weighted by atomic mass is 9.85. The number of carbonyl (C=O) groups excluding carboxylic acids is 1. The molecule has 0 aliphatic heterocycles. The zero-order valence-electron chi connectivity index (χ0n) is 13.0. The molecular formula is C18H26O2. The second-order valence-electron chi connectivity index (χ2n) is 6.05. The van der Waals surface area contributed by atoms with Crippen LogP contribution in [0.1, 0.15) is 55.2 Å². The minimum Gasteiger partial charge on any atom is -0.493 e. The summed E-state index contributed by atoms with van der Waals surface area (Å²) in [6.07, 6.45) is 6.45. The molecule has 0 N–H and O–H groups in total. The molecule has 1 aromatic carbocycles. The minimum absolute atomic E-state index is 0.298. The molecule has 110 valence electrons. The molecule has 2 rings (SSSR count). The third-order valence-electron chi connectivity index (χ3n) is 4.53. The summed E-state index contributed by atoms with van der Waals surface area (Å²) in [5, 5.41) is 0. The first-order chi connectivity index (χ1) is 9.59. The Kier molecular flexibility index (Phi) is 5.22. The number of carbonyl (C=O) groups is 1. The maximum Gasteiger partial charge on any atom is 0.139 e. The van der Waals surface area contributed by atoms with Gasteiger partial charge in [-0.3, -0.25) is 4.79 Å². The average Bonchev–Trinajstić information content (AvgIpc) is 2.47. The van der Waals surface area contributed by atoms with Crippen LogP contribution in [0.4, 0.5) is 0 Å². The summed E-state index contributed by atoms with van der Waals surface area (Å²) < 4.78 is 5.89. The van der Waals surface area contributed by atoms with E-state index in [-0.39, 0.29) is 0 Å². The van der Waals surface area contributed by atoms with Crippen molar-refractivity contribution in [3.05, 3.63) is 28.8 Å². The van der Waals surface area contributed by atoms with Crippen LogP contribution >= 0.6 is 0 Å². The van der Waals surface area contributed by atoms with Crippen LogP contribution in [0.25, 0.3) is 0 Å². The van der Waals surface area contributed by atoms with Crippen LogP contribution in [0.3, 0.4) is 0 Å².